The van der Waals surface area contributed by atoms with Crippen LogP contribution < -0.4 is 10.6 Å². The minimum Gasteiger partial charge on any atom is -0.346 e. The number of thiazole rings is 1. The minimum absolute atomic E-state index is 0.130. The van der Waals surface area contributed by atoms with Gasteiger partial charge in [-0.25, -0.2) is 4.98 Å². The van der Waals surface area contributed by atoms with E-state index in [4.69, 9.17) is 0 Å². The number of rotatable bonds is 5. The van der Waals surface area contributed by atoms with Gasteiger partial charge in [0.1, 0.15) is 11.6 Å². The molecule has 0 saturated heterocycles. The summed E-state index contributed by atoms with van der Waals surface area (Å²) in [6, 6.07) is 0. The third-order valence-corrected chi connectivity index (χ3v) is 4.72. The van der Waals surface area contributed by atoms with E-state index in [-0.39, 0.29) is 12.1 Å². The lowest BCUT2D eigenvalue weighted by atomic mass is 9.98. The van der Waals surface area contributed by atoms with Crippen molar-refractivity contribution in [1.29, 1.82) is 0 Å². The summed E-state index contributed by atoms with van der Waals surface area (Å²) in [5, 5.41) is 7.87. The number of nitrogens with one attached hydrogen (secondary N) is 2. The molecule has 118 valence electrons. The zero-order chi connectivity index (χ0) is 15.5. The van der Waals surface area contributed by atoms with Crippen LogP contribution in [0.1, 0.15) is 36.4 Å². The van der Waals surface area contributed by atoms with Crippen LogP contribution in [0.25, 0.3) is 0 Å². The summed E-state index contributed by atoms with van der Waals surface area (Å²) in [5.41, 5.74) is 0.554. The van der Waals surface area contributed by atoms with Crippen LogP contribution >= 0.6 is 11.3 Å². The molecule has 1 fully saturated rings. The highest BCUT2D eigenvalue weighted by Crippen LogP contribution is 2.39. The Kier molecular flexibility index (Phi) is 4.88. The molecule has 2 rings (SSSR count). The number of alkyl halides is 3. The van der Waals surface area contributed by atoms with Crippen LogP contribution in [0.2, 0.25) is 0 Å². The van der Waals surface area contributed by atoms with Gasteiger partial charge in [0.05, 0.1) is 12.1 Å². The lowest BCUT2D eigenvalue weighted by Gasteiger charge is -2.28. The Hall–Kier alpha value is -1.15. The summed E-state index contributed by atoms with van der Waals surface area (Å²) in [6.45, 7) is 0.476. The highest BCUT2D eigenvalue weighted by atomic mass is 32.1. The average molecular weight is 321 g/mol. The number of carbonyl (C=O) groups is 1. The molecule has 2 N–H and O–H groups in total. The van der Waals surface area contributed by atoms with E-state index in [2.05, 4.69) is 10.3 Å². The zero-order valence-corrected chi connectivity index (χ0v) is 12.5. The van der Waals surface area contributed by atoms with Crippen molar-refractivity contribution in [2.45, 2.75) is 44.3 Å². The summed E-state index contributed by atoms with van der Waals surface area (Å²) < 4.78 is 36.2. The van der Waals surface area contributed by atoms with Gasteiger partial charge in [-0.15, -0.1) is 11.3 Å². The van der Waals surface area contributed by atoms with E-state index in [1.807, 2.05) is 17.6 Å². The molecule has 1 saturated carbocycles. The molecule has 8 heteroatoms. The molecular weight excluding hydrogens is 303 g/mol. The van der Waals surface area contributed by atoms with Crippen molar-refractivity contribution in [2.24, 2.45) is 0 Å². The van der Waals surface area contributed by atoms with E-state index in [1.54, 1.807) is 0 Å². The highest BCUT2D eigenvalue weighted by molar-refractivity contribution is 7.09. The smallest absolute Gasteiger partial charge is 0.346 e. The van der Waals surface area contributed by atoms with Gasteiger partial charge >= 0.3 is 6.18 Å². The number of aromatic nitrogens is 1. The van der Waals surface area contributed by atoms with E-state index in [1.165, 1.54) is 11.3 Å². The molecule has 1 aliphatic carbocycles. The molecule has 0 radical (unpaired) electrons. The molecule has 0 spiro atoms. The third kappa shape index (κ3) is 4.41. The summed E-state index contributed by atoms with van der Waals surface area (Å²) in [6.07, 6.45) is -0.627. The average Bonchev–Trinajstić information content (AvgIpc) is 3.02. The van der Waals surface area contributed by atoms with Gasteiger partial charge in [0.25, 0.3) is 0 Å². The molecule has 1 amide bonds. The van der Waals surface area contributed by atoms with Gasteiger partial charge in [-0.1, -0.05) is 12.8 Å². The predicted molar refractivity (Wildman–Crippen MR) is 74.1 cm³/mol. The second-order valence-corrected chi connectivity index (χ2v) is 6.19. The van der Waals surface area contributed by atoms with Gasteiger partial charge in [-0.3, -0.25) is 10.1 Å². The molecule has 4 nitrogen and oxygen atoms in total. The van der Waals surface area contributed by atoms with Crippen molar-refractivity contribution in [2.75, 3.05) is 13.1 Å². The van der Waals surface area contributed by atoms with Crippen LogP contribution in [-0.4, -0.2) is 30.2 Å². The Morgan fingerprint density at radius 2 is 2.10 bits per heavy atom. The lowest BCUT2D eigenvalue weighted by molar-refractivity contribution is -0.138. The first-order valence-electron chi connectivity index (χ1n) is 6.82. The molecule has 0 aromatic carbocycles. The van der Waals surface area contributed by atoms with E-state index < -0.39 is 18.6 Å². The van der Waals surface area contributed by atoms with Crippen LogP contribution in [0.15, 0.2) is 5.38 Å². The number of aryl methyl sites for hydroxylation is 1. The Morgan fingerprint density at radius 3 is 2.62 bits per heavy atom. The molecule has 0 bridgehead atoms. The van der Waals surface area contributed by atoms with Gasteiger partial charge in [-0.2, -0.15) is 13.2 Å². The van der Waals surface area contributed by atoms with E-state index in [9.17, 15) is 18.0 Å². The topological polar surface area (TPSA) is 54.0 Å². The van der Waals surface area contributed by atoms with Gasteiger partial charge in [0.2, 0.25) is 5.91 Å². The van der Waals surface area contributed by atoms with Crippen molar-refractivity contribution in [3.8, 4) is 0 Å². The number of nitrogens with zero attached hydrogens (tertiary/aromatic N) is 1. The summed E-state index contributed by atoms with van der Waals surface area (Å²) in [5.74, 6) is -0.646. The number of hydrogen-bond donors (Lipinski definition) is 2. The zero-order valence-electron chi connectivity index (χ0n) is 11.7. The molecule has 0 unspecified atom stereocenters. The molecular formula is C13H18F3N3OS. The van der Waals surface area contributed by atoms with Crippen LogP contribution in [0.5, 0.6) is 0 Å². The van der Waals surface area contributed by atoms with Gasteiger partial charge in [-0.05, 0) is 19.8 Å². The third-order valence-electron chi connectivity index (χ3n) is 3.56. The number of amides is 1. The molecule has 1 aromatic rings. The fourth-order valence-corrected chi connectivity index (χ4v) is 3.56. The first kappa shape index (κ1) is 16.2. The largest absolute Gasteiger partial charge is 0.405 e. The van der Waals surface area contributed by atoms with Gasteiger partial charge in [0, 0.05) is 11.1 Å². The standard InChI is InChI=1S/C13H18F3N3OS/c1-9-7-21-11(19-9)12(4-2-3-5-12)18-6-10(20)17-8-13(14,15)16/h7,18H,2-6,8H2,1H3,(H,17,20). The number of halogens is 3. The second-order valence-electron chi connectivity index (χ2n) is 5.33. The predicted octanol–water partition coefficient (Wildman–Crippen LogP) is 2.49. The monoisotopic (exact) mass is 321 g/mol. The second kappa shape index (κ2) is 6.31. The first-order valence-corrected chi connectivity index (χ1v) is 7.70. The fourth-order valence-electron chi connectivity index (χ4n) is 2.53. The molecule has 1 aliphatic rings. The maximum Gasteiger partial charge on any atom is 0.405 e. The van der Waals surface area contributed by atoms with Crippen LogP contribution in [-0.2, 0) is 10.3 Å². The fraction of sp³-hybridized carbons (Fsp3) is 0.692. The Labute approximate surface area is 125 Å². The molecule has 1 aromatic heterocycles. The molecule has 0 aliphatic heterocycles. The Morgan fingerprint density at radius 1 is 1.43 bits per heavy atom. The molecule has 1 heterocycles. The summed E-state index contributed by atoms with van der Waals surface area (Å²) in [4.78, 5) is 16.0. The van der Waals surface area contributed by atoms with Gasteiger partial charge < -0.3 is 5.32 Å². The molecule has 0 atom stereocenters. The Bertz CT molecular complexity index is 495. The maximum atomic E-state index is 12.1. The van der Waals surface area contributed by atoms with E-state index in [0.29, 0.717) is 0 Å². The van der Waals surface area contributed by atoms with Crippen LogP contribution in [0.4, 0.5) is 13.2 Å². The van der Waals surface area contributed by atoms with E-state index >= 15 is 0 Å². The summed E-state index contributed by atoms with van der Waals surface area (Å²) >= 11 is 1.53. The normalized spacial score (nSPS) is 17.9. The SMILES string of the molecule is Cc1csc(C2(NCC(=O)NCC(F)(F)F)CCCC2)n1. The quantitative estimate of drug-likeness (QED) is 0.876. The van der Waals surface area contributed by atoms with Crippen molar-refractivity contribution in [3.05, 3.63) is 16.1 Å². The Balaban J connectivity index is 1.94. The summed E-state index contributed by atoms with van der Waals surface area (Å²) in [7, 11) is 0. The van der Waals surface area contributed by atoms with Crippen LogP contribution in [0.3, 0.4) is 0 Å². The highest BCUT2D eigenvalue weighted by Gasteiger charge is 2.38. The number of carbonyl (C=O) groups excluding carboxylic acids is 1. The maximum absolute atomic E-state index is 12.1. The minimum atomic E-state index is -4.38. The lowest BCUT2D eigenvalue weighted by Crippen LogP contribution is -2.46. The van der Waals surface area contributed by atoms with Crippen molar-refractivity contribution in [1.82, 2.24) is 15.6 Å². The van der Waals surface area contributed by atoms with Crippen LogP contribution in [0, 0.1) is 6.92 Å². The molecule has 21 heavy (non-hydrogen) atoms. The van der Waals surface area contributed by atoms with Crippen molar-refractivity contribution < 1.29 is 18.0 Å². The van der Waals surface area contributed by atoms with Crippen molar-refractivity contribution in [3.63, 3.8) is 0 Å². The number of hydrogen-bond acceptors (Lipinski definition) is 4. The van der Waals surface area contributed by atoms with E-state index in [0.717, 1.165) is 36.4 Å². The van der Waals surface area contributed by atoms with Gasteiger partial charge in [0.15, 0.2) is 0 Å². The first-order chi connectivity index (χ1) is 9.81. The van der Waals surface area contributed by atoms with Crippen molar-refractivity contribution >= 4 is 17.2 Å².